The molecule has 1 aromatic carbocycles. The number of hydrogen-bond acceptors (Lipinski definition) is 4. The molecule has 1 aromatic heterocycles. The summed E-state index contributed by atoms with van der Waals surface area (Å²) in [7, 11) is -3.65. The first-order valence-electron chi connectivity index (χ1n) is 6.25. The maximum absolute atomic E-state index is 12.2. The van der Waals surface area contributed by atoms with Crippen LogP contribution in [-0.2, 0) is 10.0 Å². The molecule has 110 valence electrons. The number of nitrogens with one attached hydrogen (secondary N) is 2. The largest absolute Gasteiger partial charge is 0.395 e. The molecule has 0 saturated heterocycles. The number of aromatic amines is 1. The van der Waals surface area contributed by atoms with Gasteiger partial charge in [-0.2, -0.15) is 5.10 Å². The summed E-state index contributed by atoms with van der Waals surface area (Å²) in [4.78, 5) is 0.120. The van der Waals surface area contributed by atoms with Crippen molar-refractivity contribution >= 4 is 15.7 Å². The van der Waals surface area contributed by atoms with Crippen LogP contribution in [0.3, 0.4) is 0 Å². The van der Waals surface area contributed by atoms with Crippen LogP contribution in [-0.4, -0.2) is 30.3 Å². The van der Waals surface area contributed by atoms with E-state index in [1.54, 1.807) is 31.2 Å². The van der Waals surface area contributed by atoms with Gasteiger partial charge < -0.3 is 5.11 Å². The molecule has 21 heavy (non-hydrogen) atoms. The molecule has 1 heterocycles. The number of benzene rings is 1. The van der Waals surface area contributed by atoms with Crippen molar-refractivity contribution in [3.63, 3.8) is 0 Å². The minimum atomic E-state index is -3.65. The lowest BCUT2D eigenvalue weighted by Crippen LogP contribution is -2.13. The number of nitrogens with zero attached hydrogens (tertiary/aromatic N) is 1. The molecule has 0 aliphatic heterocycles. The Labute approximate surface area is 123 Å². The minimum Gasteiger partial charge on any atom is -0.395 e. The number of rotatable bonds is 4. The van der Waals surface area contributed by atoms with Crippen molar-refractivity contribution in [1.82, 2.24) is 10.2 Å². The fourth-order valence-corrected chi connectivity index (χ4v) is 2.86. The van der Waals surface area contributed by atoms with E-state index in [0.717, 1.165) is 5.56 Å². The molecular weight excluding hydrogens is 290 g/mol. The lowest BCUT2D eigenvalue weighted by molar-refractivity contribution is 0.305. The first kappa shape index (κ1) is 15.1. The van der Waals surface area contributed by atoms with Crippen molar-refractivity contribution in [1.29, 1.82) is 0 Å². The molecule has 2 aromatic rings. The quantitative estimate of drug-likeness (QED) is 0.741. The van der Waals surface area contributed by atoms with Crippen LogP contribution in [0, 0.1) is 18.8 Å². The summed E-state index contributed by atoms with van der Waals surface area (Å²) in [6, 6.07) is 6.70. The lowest BCUT2D eigenvalue weighted by atomic mass is 10.2. The van der Waals surface area contributed by atoms with E-state index < -0.39 is 10.0 Å². The summed E-state index contributed by atoms with van der Waals surface area (Å²) in [5, 5.41) is 14.9. The normalized spacial score (nSPS) is 10.8. The van der Waals surface area contributed by atoms with Gasteiger partial charge in [0.1, 0.15) is 4.90 Å². The van der Waals surface area contributed by atoms with Gasteiger partial charge in [-0.3, -0.25) is 9.82 Å². The predicted molar refractivity (Wildman–Crippen MR) is 79.2 cm³/mol. The molecule has 0 aliphatic carbocycles. The first-order chi connectivity index (χ1) is 10.0. The van der Waals surface area contributed by atoms with E-state index in [2.05, 4.69) is 26.8 Å². The van der Waals surface area contributed by atoms with Gasteiger partial charge in [-0.05, 0) is 31.2 Å². The SMILES string of the molecule is Cc1[nH]ncc1S(=O)(=O)Nc1ccc(C#CCCO)cc1. The highest BCUT2D eigenvalue weighted by atomic mass is 32.2. The zero-order chi connectivity index (χ0) is 15.3. The molecule has 6 nitrogen and oxygen atoms in total. The number of aryl methyl sites for hydroxylation is 1. The fraction of sp³-hybridized carbons (Fsp3) is 0.214. The van der Waals surface area contributed by atoms with E-state index in [4.69, 9.17) is 5.11 Å². The number of aliphatic hydroxyl groups is 1. The van der Waals surface area contributed by atoms with Gasteiger partial charge in [0.15, 0.2) is 0 Å². The third-order valence-corrected chi connectivity index (χ3v) is 4.17. The second-order valence-electron chi connectivity index (χ2n) is 4.32. The molecule has 2 rings (SSSR count). The Hall–Kier alpha value is -2.30. The average molecular weight is 305 g/mol. The topological polar surface area (TPSA) is 95.1 Å². The standard InChI is InChI=1S/C14H15N3O3S/c1-11-14(10-15-16-11)21(19,20)17-13-7-5-12(6-8-13)4-2-3-9-18/h5-8,10,17-18H,3,9H2,1H3,(H,15,16). The Morgan fingerprint density at radius 3 is 2.62 bits per heavy atom. The third-order valence-electron chi connectivity index (χ3n) is 2.68. The Bertz CT molecular complexity index is 768. The minimum absolute atomic E-state index is 0.0228. The molecule has 3 N–H and O–H groups in total. The van der Waals surface area contributed by atoms with Crippen LogP contribution in [0.1, 0.15) is 17.7 Å². The van der Waals surface area contributed by atoms with Gasteiger partial charge in [0.05, 0.1) is 18.5 Å². The van der Waals surface area contributed by atoms with Crippen LogP contribution in [0.4, 0.5) is 5.69 Å². The summed E-state index contributed by atoms with van der Waals surface area (Å²) >= 11 is 0. The van der Waals surface area contributed by atoms with E-state index in [-0.39, 0.29) is 11.5 Å². The Kier molecular flexibility index (Phi) is 4.62. The number of hydrogen-bond donors (Lipinski definition) is 3. The van der Waals surface area contributed by atoms with Crippen LogP contribution < -0.4 is 4.72 Å². The molecule has 0 atom stereocenters. The van der Waals surface area contributed by atoms with Gasteiger partial charge >= 0.3 is 0 Å². The summed E-state index contributed by atoms with van der Waals surface area (Å²) in [6.45, 7) is 1.66. The second kappa shape index (κ2) is 6.43. The average Bonchev–Trinajstić information content (AvgIpc) is 2.88. The summed E-state index contributed by atoms with van der Waals surface area (Å²) in [5.74, 6) is 5.67. The van der Waals surface area contributed by atoms with Crippen molar-refractivity contribution in [2.75, 3.05) is 11.3 Å². The highest BCUT2D eigenvalue weighted by Crippen LogP contribution is 2.17. The van der Waals surface area contributed by atoms with Crippen LogP contribution in [0.5, 0.6) is 0 Å². The van der Waals surface area contributed by atoms with Gasteiger partial charge in [-0.25, -0.2) is 8.42 Å². The van der Waals surface area contributed by atoms with Crippen molar-refractivity contribution in [2.24, 2.45) is 0 Å². The number of H-pyrrole nitrogens is 1. The smallest absolute Gasteiger partial charge is 0.265 e. The summed E-state index contributed by atoms with van der Waals surface area (Å²) < 4.78 is 26.8. The van der Waals surface area contributed by atoms with Crippen molar-refractivity contribution in [2.45, 2.75) is 18.2 Å². The van der Waals surface area contributed by atoms with Gasteiger partial charge in [0, 0.05) is 17.7 Å². The number of sulfonamides is 1. The molecular formula is C14H15N3O3S. The molecule has 0 bridgehead atoms. The first-order valence-corrected chi connectivity index (χ1v) is 7.74. The van der Waals surface area contributed by atoms with E-state index in [1.165, 1.54) is 6.20 Å². The maximum atomic E-state index is 12.2. The van der Waals surface area contributed by atoms with Crippen LogP contribution in [0.2, 0.25) is 0 Å². The fourth-order valence-electron chi connectivity index (χ4n) is 1.66. The Balaban J connectivity index is 2.14. The van der Waals surface area contributed by atoms with Crippen molar-refractivity contribution < 1.29 is 13.5 Å². The number of anilines is 1. The van der Waals surface area contributed by atoms with Gasteiger partial charge in [0.2, 0.25) is 0 Å². The molecule has 0 fully saturated rings. The van der Waals surface area contributed by atoms with E-state index in [1.807, 2.05) is 0 Å². The molecule has 7 heteroatoms. The maximum Gasteiger partial charge on any atom is 0.265 e. The monoisotopic (exact) mass is 305 g/mol. The van der Waals surface area contributed by atoms with Crippen LogP contribution >= 0.6 is 0 Å². The van der Waals surface area contributed by atoms with E-state index in [9.17, 15) is 8.42 Å². The third kappa shape index (κ3) is 3.84. The van der Waals surface area contributed by atoms with E-state index >= 15 is 0 Å². The molecule has 0 radical (unpaired) electrons. The zero-order valence-electron chi connectivity index (χ0n) is 11.4. The summed E-state index contributed by atoms with van der Waals surface area (Å²) in [6.07, 6.45) is 1.68. The molecule has 0 amide bonds. The second-order valence-corrected chi connectivity index (χ2v) is 5.97. The van der Waals surface area contributed by atoms with Crippen molar-refractivity contribution in [3.8, 4) is 11.8 Å². The number of aliphatic hydroxyl groups excluding tert-OH is 1. The number of aromatic nitrogens is 2. The summed E-state index contributed by atoms with van der Waals surface area (Å²) in [5.41, 5.74) is 1.68. The lowest BCUT2D eigenvalue weighted by Gasteiger charge is -2.07. The molecule has 0 spiro atoms. The predicted octanol–water partition coefficient (Wildman–Crippen LogP) is 1.25. The van der Waals surface area contributed by atoms with Crippen molar-refractivity contribution in [3.05, 3.63) is 41.7 Å². The zero-order valence-corrected chi connectivity index (χ0v) is 12.2. The van der Waals surface area contributed by atoms with Gasteiger partial charge in [-0.1, -0.05) is 11.8 Å². The van der Waals surface area contributed by atoms with E-state index in [0.29, 0.717) is 17.8 Å². The van der Waals surface area contributed by atoms with Crippen LogP contribution in [0.25, 0.3) is 0 Å². The molecule has 0 unspecified atom stereocenters. The van der Waals surface area contributed by atoms with Gasteiger partial charge in [-0.15, -0.1) is 0 Å². The van der Waals surface area contributed by atoms with Gasteiger partial charge in [0.25, 0.3) is 10.0 Å². The Morgan fingerprint density at radius 2 is 2.05 bits per heavy atom. The highest BCUT2D eigenvalue weighted by molar-refractivity contribution is 7.92. The Morgan fingerprint density at radius 1 is 1.33 bits per heavy atom. The van der Waals surface area contributed by atoms with Crippen LogP contribution in [0.15, 0.2) is 35.4 Å². The highest BCUT2D eigenvalue weighted by Gasteiger charge is 2.18. The molecule has 0 saturated carbocycles. The molecule has 0 aliphatic rings.